The molecule has 0 atom stereocenters. The van der Waals surface area contributed by atoms with Crippen LogP contribution in [-0.2, 0) is 0 Å². The average Bonchev–Trinajstić information content (AvgIpc) is 2.72. The van der Waals surface area contributed by atoms with Crippen molar-refractivity contribution in [3.05, 3.63) is 45.7 Å². The molecule has 0 fully saturated rings. The zero-order valence-electron chi connectivity index (χ0n) is 9.38. The summed E-state index contributed by atoms with van der Waals surface area (Å²) in [5.41, 5.74) is 1.09. The Morgan fingerprint density at radius 2 is 2.17 bits per heavy atom. The molecule has 0 saturated carbocycles. The van der Waals surface area contributed by atoms with Crippen molar-refractivity contribution in [2.24, 2.45) is 0 Å². The van der Waals surface area contributed by atoms with Crippen molar-refractivity contribution < 1.29 is 0 Å². The van der Waals surface area contributed by atoms with Gasteiger partial charge in [0, 0.05) is 23.9 Å². The number of pyridine rings is 1. The molecule has 3 aromatic heterocycles. The lowest BCUT2D eigenvalue weighted by Crippen LogP contribution is -2.04. The molecule has 0 aliphatic rings. The molecule has 1 N–H and O–H groups in total. The summed E-state index contributed by atoms with van der Waals surface area (Å²) in [6.07, 6.45) is 1.57. The largest absolute Gasteiger partial charge is 0.329 e. The highest BCUT2D eigenvalue weighted by Gasteiger charge is 2.11. The van der Waals surface area contributed by atoms with Gasteiger partial charge in [-0.2, -0.15) is 0 Å². The van der Waals surface area contributed by atoms with Gasteiger partial charge >= 0.3 is 0 Å². The summed E-state index contributed by atoms with van der Waals surface area (Å²) in [6.45, 7) is 1.80. The van der Waals surface area contributed by atoms with Crippen LogP contribution < -0.4 is 5.56 Å². The van der Waals surface area contributed by atoms with E-state index in [1.807, 2.05) is 0 Å². The van der Waals surface area contributed by atoms with Crippen LogP contribution in [0, 0.1) is 6.92 Å². The number of hydrogen-bond donors (Lipinski definition) is 1. The molecule has 0 aliphatic heterocycles. The third-order valence-corrected chi connectivity index (χ3v) is 2.76. The van der Waals surface area contributed by atoms with Crippen LogP contribution in [0.5, 0.6) is 0 Å². The molecule has 7 heteroatoms. The summed E-state index contributed by atoms with van der Waals surface area (Å²) in [7, 11) is 0. The van der Waals surface area contributed by atoms with Crippen LogP contribution in [0.4, 0.5) is 0 Å². The number of hydrogen-bond acceptors (Lipinski definition) is 4. The molecule has 3 rings (SSSR count). The third kappa shape index (κ3) is 1.67. The number of aromatic nitrogens is 5. The first-order valence-corrected chi connectivity index (χ1v) is 5.60. The quantitative estimate of drug-likeness (QED) is 0.673. The Hall–Kier alpha value is -2.21. The van der Waals surface area contributed by atoms with E-state index in [1.54, 1.807) is 29.7 Å². The molecule has 0 aromatic carbocycles. The van der Waals surface area contributed by atoms with E-state index in [0.717, 1.165) is 0 Å². The van der Waals surface area contributed by atoms with Gasteiger partial charge in [0.15, 0.2) is 11.5 Å². The molecule has 0 aliphatic carbocycles. The molecule has 6 nitrogen and oxygen atoms in total. The Morgan fingerprint density at radius 1 is 1.33 bits per heavy atom. The van der Waals surface area contributed by atoms with Crippen molar-refractivity contribution >= 4 is 17.2 Å². The maximum Gasteiger partial charge on any atom is 0.248 e. The van der Waals surface area contributed by atoms with E-state index in [9.17, 15) is 4.79 Å². The molecule has 3 aromatic rings. The highest BCUT2D eigenvalue weighted by Crippen LogP contribution is 2.19. The zero-order valence-corrected chi connectivity index (χ0v) is 10.1. The van der Waals surface area contributed by atoms with E-state index < -0.39 is 0 Å². The summed E-state index contributed by atoms with van der Waals surface area (Å²) < 4.78 is 1.75. The van der Waals surface area contributed by atoms with E-state index in [0.29, 0.717) is 28.0 Å². The number of aromatic amines is 1. The number of H-pyrrole nitrogens is 1. The van der Waals surface area contributed by atoms with Gasteiger partial charge in [-0.05, 0) is 13.0 Å². The molecule has 0 amide bonds. The van der Waals surface area contributed by atoms with Gasteiger partial charge in [0.1, 0.15) is 11.0 Å². The lowest BCUT2D eigenvalue weighted by atomic mass is 10.2. The maximum absolute atomic E-state index is 11.3. The number of halogens is 1. The van der Waals surface area contributed by atoms with E-state index in [4.69, 9.17) is 11.6 Å². The fourth-order valence-corrected chi connectivity index (χ4v) is 2.04. The first-order chi connectivity index (χ1) is 8.65. The van der Waals surface area contributed by atoms with Crippen molar-refractivity contribution in [1.82, 2.24) is 24.6 Å². The van der Waals surface area contributed by atoms with Crippen molar-refractivity contribution in [1.29, 1.82) is 0 Å². The van der Waals surface area contributed by atoms with Gasteiger partial charge in [-0.1, -0.05) is 11.6 Å². The van der Waals surface area contributed by atoms with Crippen LogP contribution in [0.25, 0.3) is 17.0 Å². The van der Waals surface area contributed by atoms with Crippen LogP contribution in [0.15, 0.2) is 29.2 Å². The van der Waals surface area contributed by atoms with Gasteiger partial charge in [0.2, 0.25) is 5.56 Å². The highest BCUT2D eigenvalue weighted by molar-refractivity contribution is 6.29. The molecule has 3 heterocycles. The van der Waals surface area contributed by atoms with Gasteiger partial charge in [0.25, 0.3) is 0 Å². The van der Waals surface area contributed by atoms with Crippen molar-refractivity contribution in [2.45, 2.75) is 6.92 Å². The van der Waals surface area contributed by atoms with Crippen LogP contribution >= 0.6 is 11.6 Å². The van der Waals surface area contributed by atoms with Gasteiger partial charge < -0.3 is 4.98 Å². The molecular weight excluding hydrogens is 254 g/mol. The minimum atomic E-state index is -0.191. The van der Waals surface area contributed by atoms with Crippen LogP contribution in [-0.4, -0.2) is 24.6 Å². The lowest BCUT2D eigenvalue weighted by Gasteiger charge is -2.02. The second-order valence-electron chi connectivity index (χ2n) is 3.78. The van der Waals surface area contributed by atoms with Crippen LogP contribution in [0.2, 0.25) is 5.15 Å². The Balaban J connectivity index is 2.34. The minimum absolute atomic E-state index is 0.191. The smallest absolute Gasteiger partial charge is 0.248 e. The molecule has 90 valence electrons. The molecule has 0 bridgehead atoms. The molecular formula is C11H8ClN5O. The number of rotatable bonds is 1. The summed E-state index contributed by atoms with van der Waals surface area (Å²) in [4.78, 5) is 18.0. The fraction of sp³-hybridized carbons (Fsp3) is 0.0909. The van der Waals surface area contributed by atoms with Gasteiger partial charge in [-0.25, -0.2) is 4.98 Å². The Labute approximate surface area is 106 Å². The number of fused-ring (bicyclic) bond motifs is 1. The minimum Gasteiger partial charge on any atom is -0.329 e. The standard InChI is InChI=1S/C11H8ClN5O/c1-6-14-8(12)5-9-15-16-11(17(6)9)7-2-3-13-10(18)4-7/h2-5H,1H3,(H,13,18). The summed E-state index contributed by atoms with van der Waals surface area (Å²) in [5, 5.41) is 8.46. The molecule has 0 spiro atoms. The highest BCUT2D eigenvalue weighted by atomic mass is 35.5. The maximum atomic E-state index is 11.3. The van der Waals surface area contributed by atoms with Crippen LogP contribution in [0.1, 0.15) is 5.82 Å². The fourth-order valence-electron chi connectivity index (χ4n) is 1.82. The number of aryl methyl sites for hydroxylation is 1. The van der Waals surface area contributed by atoms with Crippen molar-refractivity contribution in [3.63, 3.8) is 0 Å². The third-order valence-electron chi connectivity index (χ3n) is 2.56. The lowest BCUT2D eigenvalue weighted by molar-refractivity contribution is 0.987. The monoisotopic (exact) mass is 261 g/mol. The molecule has 0 radical (unpaired) electrons. The Bertz CT molecular complexity index is 791. The average molecular weight is 262 g/mol. The SMILES string of the molecule is Cc1nc(Cl)cc2nnc(-c3cc[nH]c(=O)c3)n12. The predicted molar refractivity (Wildman–Crippen MR) is 66.6 cm³/mol. The Kier molecular flexibility index (Phi) is 2.38. The second-order valence-corrected chi connectivity index (χ2v) is 4.17. The van der Waals surface area contributed by atoms with Crippen LogP contribution in [0.3, 0.4) is 0 Å². The molecule has 0 unspecified atom stereocenters. The molecule has 18 heavy (non-hydrogen) atoms. The number of nitrogens with zero attached hydrogens (tertiary/aromatic N) is 4. The normalized spacial score (nSPS) is 11.0. The first kappa shape index (κ1) is 10.9. The number of nitrogens with one attached hydrogen (secondary N) is 1. The van der Waals surface area contributed by atoms with E-state index >= 15 is 0 Å². The van der Waals surface area contributed by atoms with Gasteiger partial charge in [-0.15, -0.1) is 10.2 Å². The first-order valence-electron chi connectivity index (χ1n) is 5.22. The summed E-state index contributed by atoms with van der Waals surface area (Å²) in [5.74, 6) is 1.23. The molecule has 0 saturated heterocycles. The predicted octanol–water partition coefficient (Wildman–Crippen LogP) is 1.44. The van der Waals surface area contributed by atoms with E-state index in [1.165, 1.54) is 6.07 Å². The van der Waals surface area contributed by atoms with Gasteiger partial charge in [-0.3, -0.25) is 9.20 Å². The van der Waals surface area contributed by atoms with E-state index in [2.05, 4.69) is 20.2 Å². The summed E-state index contributed by atoms with van der Waals surface area (Å²) in [6, 6.07) is 4.84. The second kappa shape index (κ2) is 3.92. The summed E-state index contributed by atoms with van der Waals surface area (Å²) >= 11 is 5.86. The zero-order chi connectivity index (χ0) is 12.7. The Morgan fingerprint density at radius 3 is 2.94 bits per heavy atom. The van der Waals surface area contributed by atoms with Gasteiger partial charge in [0.05, 0.1) is 0 Å². The topological polar surface area (TPSA) is 75.9 Å². The van der Waals surface area contributed by atoms with Crippen molar-refractivity contribution in [2.75, 3.05) is 0 Å². The van der Waals surface area contributed by atoms with E-state index in [-0.39, 0.29) is 5.56 Å². The van der Waals surface area contributed by atoms with Crippen molar-refractivity contribution in [3.8, 4) is 11.4 Å².